The molecule has 0 aliphatic rings. The number of halogens is 1. The highest BCUT2D eigenvalue weighted by atomic mass is 79.9. The average Bonchev–Trinajstić information content (AvgIpc) is 2.26. The fourth-order valence-electron chi connectivity index (χ4n) is 1.18. The molecule has 0 bridgehead atoms. The van der Waals surface area contributed by atoms with E-state index in [-0.39, 0.29) is 6.61 Å². The van der Waals surface area contributed by atoms with E-state index in [2.05, 4.69) is 15.9 Å². The molecule has 15 heavy (non-hydrogen) atoms. The molecule has 4 heteroatoms. The summed E-state index contributed by atoms with van der Waals surface area (Å²) < 4.78 is 11.5. The first kappa shape index (κ1) is 12.3. The second-order valence-corrected chi connectivity index (χ2v) is 3.96. The largest absolute Gasteiger partial charge is 0.493 e. The molecule has 1 N–H and O–H groups in total. The normalized spacial score (nSPS) is 10.1. The lowest BCUT2D eigenvalue weighted by molar-refractivity contribution is 0.276. The lowest BCUT2D eigenvalue weighted by Crippen LogP contribution is -1.99. The van der Waals surface area contributed by atoms with Crippen LogP contribution in [0.4, 0.5) is 0 Å². The van der Waals surface area contributed by atoms with Crippen molar-refractivity contribution in [2.24, 2.45) is 0 Å². The molecule has 0 saturated heterocycles. The van der Waals surface area contributed by atoms with Crippen molar-refractivity contribution in [3.05, 3.63) is 22.2 Å². The van der Waals surface area contributed by atoms with E-state index in [1.54, 1.807) is 13.2 Å². The van der Waals surface area contributed by atoms with Crippen molar-refractivity contribution in [1.82, 2.24) is 0 Å². The van der Waals surface area contributed by atoms with Crippen LogP contribution in [-0.4, -0.2) is 18.8 Å². The standard InChI is InChI=1S/C11H15BrO3/c1-3-4-15-11-6-9(12)8(7-13)5-10(11)14-2/h5-6,13H,3-4,7H2,1-2H3. The zero-order valence-electron chi connectivity index (χ0n) is 8.92. The minimum atomic E-state index is -0.0228. The summed E-state index contributed by atoms with van der Waals surface area (Å²) in [7, 11) is 1.59. The molecule has 0 amide bonds. The highest BCUT2D eigenvalue weighted by Crippen LogP contribution is 2.33. The van der Waals surface area contributed by atoms with Gasteiger partial charge in [-0.05, 0) is 24.1 Å². The maximum Gasteiger partial charge on any atom is 0.162 e. The fraction of sp³-hybridized carbons (Fsp3) is 0.455. The Balaban J connectivity index is 2.98. The Morgan fingerprint density at radius 2 is 2.07 bits per heavy atom. The number of methoxy groups -OCH3 is 1. The van der Waals surface area contributed by atoms with E-state index < -0.39 is 0 Å². The molecule has 0 aromatic heterocycles. The van der Waals surface area contributed by atoms with Gasteiger partial charge in [0.15, 0.2) is 11.5 Å². The number of benzene rings is 1. The van der Waals surface area contributed by atoms with Crippen LogP contribution in [0.3, 0.4) is 0 Å². The summed E-state index contributed by atoms with van der Waals surface area (Å²) >= 11 is 3.37. The van der Waals surface area contributed by atoms with Crippen LogP contribution in [0.15, 0.2) is 16.6 Å². The topological polar surface area (TPSA) is 38.7 Å². The van der Waals surface area contributed by atoms with Gasteiger partial charge in [0, 0.05) is 4.47 Å². The molecule has 0 aliphatic heterocycles. The Bertz CT molecular complexity index is 326. The Morgan fingerprint density at radius 3 is 2.60 bits per heavy atom. The van der Waals surface area contributed by atoms with Gasteiger partial charge in [0.25, 0.3) is 0 Å². The number of aliphatic hydroxyl groups excluding tert-OH is 1. The van der Waals surface area contributed by atoms with Gasteiger partial charge in [-0.15, -0.1) is 0 Å². The van der Waals surface area contributed by atoms with Gasteiger partial charge in [-0.2, -0.15) is 0 Å². The summed E-state index contributed by atoms with van der Waals surface area (Å²) in [4.78, 5) is 0. The second-order valence-electron chi connectivity index (χ2n) is 3.10. The molecule has 0 aliphatic carbocycles. The molecule has 3 nitrogen and oxygen atoms in total. The molecule has 0 unspecified atom stereocenters. The van der Waals surface area contributed by atoms with E-state index in [9.17, 15) is 0 Å². The van der Waals surface area contributed by atoms with Crippen LogP contribution >= 0.6 is 15.9 Å². The van der Waals surface area contributed by atoms with Crippen molar-refractivity contribution in [2.45, 2.75) is 20.0 Å². The first-order chi connectivity index (χ1) is 7.22. The van der Waals surface area contributed by atoms with Gasteiger partial charge in [0.05, 0.1) is 20.3 Å². The molecule has 84 valence electrons. The van der Waals surface area contributed by atoms with Gasteiger partial charge in [0.1, 0.15) is 0 Å². The molecular weight excluding hydrogens is 260 g/mol. The quantitative estimate of drug-likeness (QED) is 0.898. The predicted molar refractivity (Wildman–Crippen MR) is 62.4 cm³/mol. The van der Waals surface area contributed by atoms with E-state index in [4.69, 9.17) is 14.6 Å². The molecule has 1 aromatic carbocycles. The third-order valence-electron chi connectivity index (χ3n) is 1.96. The third kappa shape index (κ3) is 3.11. The SMILES string of the molecule is CCCOc1cc(Br)c(CO)cc1OC. The molecule has 0 heterocycles. The monoisotopic (exact) mass is 274 g/mol. The van der Waals surface area contributed by atoms with Crippen molar-refractivity contribution < 1.29 is 14.6 Å². The third-order valence-corrected chi connectivity index (χ3v) is 2.70. The molecule has 0 spiro atoms. The summed E-state index contributed by atoms with van der Waals surface area (Å²) in [6.45, 7) is 2.68. The number of ether oxygens (including phenoxy) is 2. The average molecular weight is 275 g/mol. The molecule has 1 aromatic rings. The van der Waals surface area contributed by atoms with Crippen molar-refractivity contribution >= 4 is 15.9 Å². The van der Waals surface area contributed by atoms with Gasteiger partial charge in [-0.25, -0.2) is 0 Å². The van der Waals surface area contributed by atoms with Crippen LogP contribution in [0.25, 0.3) is 0 Å². The van der Waals surface area contributed by atoms with Crippen molar-refractivity contribution in [3.8, 4) is 11.5 Å². The minimum Gasteiger partial charge on any atom is -0.493 e. The first-order valence-electron chi connectivity index (χ1n) is 4.83. The van der Waals surface area contributed by atoms with E-state index in [1.807, 2.05) is 13.0 Å². The highest BCUT2D eigenvalue weighted by molar-refractivity contribution is 9.10. The van der Waals surface area contributed by atoms with Crippen LogP contribution < -0.4 is 9.47 Å². The summed E-state index contributed by atoms with van der Waals surface area (Å²) in [6.07, 6.45) is 0.947. The van der Waals surface area contributed by atoms with Gasteiger partial charge >= 0.3 is 0 Å². The van der Waals surface area contributed by atoms with Gasteiger partial charge < -0.3 is 14.6 Å². The van der Waals surface area contributed by atoms with Crippen LogP contribution in [0, 0.1) is 0 Å². The van der Waals surface area contributed by atoms with Gasteiger partial charge in [0.2, 0.25) is 0 Å². The lowest BCUT2D eigenvalue weighted by atomic mass is 10.2. The summed E-state index contributed by atoms with van der Waals surface area (Å²) in [5.41, 5.74) is 0.788. The molecule has 0 saturated carbocycles. The number of hydrogen-bond donors (Lipinski definition) is 1. The van der Waals surface area contributed by atoms with Crippen molar-refractivity contribution in [2.75, 3.05) is 13.7 Å². The highest BCUT2D eigenvalue weighted by Gasteiger charge is 2.09. The van der Waals surface area contributed by atoms with Crippen LogP contribution in [0.1, 0.15) is 18.9 Å². The lowest BCUT2D eigenvalue weighted by Gasteiger charge is -2.12. The number of hydrogen-bond acceptors (Lipinski definition) is 3. The fourth-order valence-corrected chi connectivity index (χ4v) is 1.63. The number of rotatable bonds is 5. The van der Waals surface area contributed by atoms with Crippen molar-refractivity contribution in [3.63, 3.8) is 0 Å². The first-order valence-corrected chi connectivity index (χ1v) is 5.62. The zero-order chi connectivity index (χ0) is 11.3. The second kappa shape index (κ2) is 5.98. The summed E-state index contributed by atoms with van der Waals surface area (Å²) in [6, 6.07) is 3.59. The molecular formula is C11H15BrO3. The number of aliphatic hydroxyl groups is 1. The zero-order valence-corrected chi connectivity index (χ0v) is 10.5. The van der Waals surface area contributed by atoms with E-state index in [1.165, 1.54) is 0 Å². The van der Waals surface area contributed by atoms with Gasteiger partial charge in [-0.1, -0.05) is 22.9 Å². The predicted octanol–water partition coefficient (Wildman–Crippen LogP) is 2.74. The summed E-state index contributed by atoms with van der Waals surface area (Å²) in [5.74, 6) is 1.35. The summed E-state index contributed by atoms with van der Waals surface area (Å²) in [5, 5.41) is 9.08. The van der Waals surface area contributed by atoms with E-state index >= 15 is 0 Å². The van der Waals surface area contributed by atoms with Crippen LogP contribution in [0.2, 0.25) is 0 Å². The maximum absolute atomic E-state index is 9.08. The maximum atomic E-state index is 9.08. The molecule has 0 atom stereocenters. The van der Waals surface area contributed by atoms with Crippen LogP contribution in [0.5, 0.6) is 11.5 Å². The minimum absolute atomic E-state index is 0.0228. The Kier molecular flexibility index (Phi) is 4.91. The molecule has 0 radical (unpaired) electrons. The smallest absolute Gasteiger partial charge is 0.162 e. The molecule has 0 fully saturated rings. The van der Waals surface area contributed by atoms with Crippen LogP contribution in [-0.2, 0) is 6.61 Å². The molecule has 1 rings (SSSR count). The van der Waals surface area contributed by atoms with E-state index in [0.29, 0.717) is 18.1 Å². The van der Waals surface area contributed by atoms with Gasteiger partial charge in [-0.3, -0.25) is 0 Å². The van der Waals surface area contributed by atoms with Crippen molar-refractivity contribution in [1.29, 1.82) is 0 Å². The van der Waals surface area contributed by atoms with E-state index in [0.717, 1.165) is 16.5 Å². The Labute approximate surface area is 98.1 Å². The Hall–Kier alpha value is -0.740. The Morgan fingerprint density at radius 1 is 1.33 bits per heavy atom.